The first-order chi connectivity index (χ1) is 5.99. The fourth-order valence-electron chi connectivity index (χ4n) is 1.31. The highest BCUT2D eigenvalue weighted by molar-refractivity contribution is 7.89. The van der Waals surface area contributed by atoms with Crippen molar-refractivity contribution in [1.82, 2.24) is 4.31 Å². The van der Waals surface area contributed by atoms with Crippen molar-refractivity contribution in [2.45, 2.75) is 26.7 Å². The summed E-state index contributed by atoms with van der Waals surface area (Å²) in [6.07, 6.45) is 1.26. The minimum atomic E-state index is -3.26. The van der Waals surface area contributed by atoms with Crippen molar-refractivity contribution in [3.05, 3.63) is 0 Å². The molecule has 0 N–H and O–H groups in total. The van der Waals surface area contributed by atoms with E-state index in [1.165, 1.54) is 0 Å². The van der Waals surface area contributed by atoms with Crippen LogP contribution >= 0.6 is 0 Å². The lowest BCUT2D eigenvalue weighted by Gasteiger charge is -2.18. The lowest BCUT2D eigenvalue weighted by Crippen LogP contribution is -2.36. The Balaban J connectivity index is 2.78. The molecule has 1 aliphatic heterocycles. The summed E-state index contributed by atoms with van der Waals surface area (Å²) in [5, 5.41) is 0. The number of carbonyl (C=O) groups is 1. The van der Waals surface area contributed by atoms with Crippen LogP contribution in [-0.4, -0.2) is 30.9 Å². The Morgan fingerprint density at radius 1 is 1.54 bits per heavy atom. The second-order valence-electron chi connectivity index (χ2n) is 3.39. The second kappa shape index (κ2) is 3.65. The van der Waals surface area contributed by atoms with Crippen molar-refractivity contribution in [1.29, 1.82) is 0 Å². The zero-order chi connectivity index (χ0) is 10.1. The molecule has 5 heteroatoms. The summed E-state index contributed by atoms with van der Waals surface area (Å²) in [6.45, 7) is 4.01. The quantitative estimate of drug-likeness (QED) is 0.663. The Morgan fingerprint density at radius 2 is 2.15 bits per heavy atom. The van der Waals surface area contributed by atoms with Crippen LogP contribution in [0.1, 0.15) is 26.7 Å². The van der Waals surface area contributed by atoms with Crippen LogP contribution in [0.3, 0.4) is 0 Å². The molecule has 1 fully saturated rings. The molecule has 1 amide bonds. The van der Waals surface area contributed by atoms with Crippen molar-refractivity contribution in [2.75, 3.05) is 12.3 Å². The Labute approximate surface area is 79.0 Å². The van der Waals surface area contributed by atoms with E-state index >= 15 is 0 Å². The van der Waals surface area contributed by atoms with E-state index in [9.17, 15) is 13.2 Å². The van der Waals surface area contributed by atoms with Gasteiger partial charge in [-0.1, -0.05) is 13.8 Å². The number of hydrogen-bond donors (Lipinski definition) is 0. The van der Waals surface area contributed by atoms with Gasteiger partial charge in [-0.15, -0.1) is 0 Å². The van der Waals surface area contributed by atoms with Gasteiger partial charge in [0.25, 0.3) is 0 Å². The first-order valence-corrected chi connectivity index (χ1v) is 6.14. The molecule has 1 aliphatic rings. The number of rotatable bonds is 2. The fraction of sp³-hybridized carbons (Fsp3) is 0.875. The molecule has 0 bridgehead atoms. The van der Waals surface area contributed by atoms with E-state index in [1.807, 2.05) is 6.92 Å². The highest BCUT2D eigenvalue weighted by atomic mass is 32.2. The second-order valence-corrected chi connectivity index (χ2v) is 5.40. The maximum Gasteiger partial charge on any atom is 0.238 e. The van der Waals surface area contributed by atoms with E-state index in [1.54, 1.807) is 6.92 Å². The molecule has 13 heavy (non-hydrogen) atoms. The van der Waals surface area contributed by atoms with Gasteiger partial charge in [-0.05, 0) is 12.8 Å². The predicted molar refractivity (Wildman–Crippen MR) is 49.6 cm³/mol. The number of nitrogens with zero attached hydrogens (tertiary/aromatic N) is 1. The molecule has 0 radical (unpaired) electrons. The molecule has 76 valence electrons. The summed E-state index contributed by atoms with van der Waals surface area (Å²) >= 11 is 0. The summed E-state index contributed by atoms with van der Waals surface area (Å²) in [4.78, 5) is 11.5. The number of amides is 1. The van der Waals surface area contributed by atoms with Gasteiger partial charge in [0.05, 0.1) is 5.75 Å². The van der Waals surface area contributed by atoms with Gasteiger partial charge in [0.2, 0.25) is 15.9 Å². The smallest absolute Gasteiger partial charge is 0.238 e. The zero-order valence-corrected chi connectivity index (χ0v) is 8.80. The van der Waals surface area contributed by atoms with Crippen LogP contribution in [0.25, 0.3) is 0 Å². The van der Waals surface area contributed by atoms with Crippen LogP contribution in [0.2, 0.25) is 0 Å². The minimum Gasteiger partial charge on any atom is -0.274 e. The molecule has 0 aliphatic carbocycles. The standard InChI is InChI=1S/C8H15NO3S/c1-3-7(2)8(10)9-5-4-6-13(9,11)12/h7H,3-6H2,1-2H3. The maximum absolute atomic E-state index is 11.5. The molecule has 4 nitrogen and oxygen atoms in total. The van der Waals surface area contributed by atoms with Gasteiger partial charge in [-0.25, -0.2) is 12.7 Å². The Bertz CT molecular complexity index is 297. The van der Waals surface area contributed by atoms with Gasteiger partial charge in [0, 0.05) is 12.5 Å². The summed E-state index contributed by atoms with van der Waals surface area (Å²) in [7, 11) is -3.26. The van der Waals surface area contributed by atoms with Crippen molar-refractivity contribution in [2.24, 2.45) is 5.92 Å². The molecular formula is C8H15NO3S. The molecule has 0 aromatic rings. The third kappa shape index (κ3) is 2.02. The Morgan fingerprint density at radius 3 is 2.54 bits per heavy atom. The average molecular weight is 205 g/mol. The van der Waals surface area contributed by atoms with Gasteiger partial charge < -0.3 is 0 Å². The van der Waals surface area contributed by atoms with Gasteiger partial charge in [-0.2, -0.15) is 0 Å². The van der Waals surface area contributed by atoms with E-state index in [4.69, 9.17) is 0 Å². The topological polar surface area (TPSA) is 54.5 Å². The molecule has 0 saturated carbocycles. The highest BCUT2D eigenvalue weighted by Crippen LogP contribution is 2.17. The van der Waals surface area contributed by atoms with Crippen molar-refractivity contribution in [3.8, 4) is 0 Å². The molecule has 0 aromatic heterocycles. The van der Waals surface area contributed by atoms with Crippen molar-refractivity contribution < 1.29 is 13.2 Å². The van der Waals surface area contributed by atoms with Crippen molar-refractivity contribution in [3.63, 3.8) is 0 Å². The molecule has 1 atom stereocenters. The third-order valence-corrected chi connectivity index (χ3v) is 4.22. The monoisotopic (exact) mass is 205 g/mol. The summed E-state index contributed by atoms with van der Waals surface area (Å²) in [5.74, 6) is -0.317. The average Bonchev–Trinajstić information content (AvgIpc) is 2.42. The number of carbonyl (C=O) groups excluding carboxylic acids is 1. The van der Waals surface area contributed by atoms with Crippen LogP contribution in [0, 0.1) is 5.92 Å². The SMILES string of the molecule is CCC(C)C(=O)N1CCCS1(=O)=O. The van der Waals surface area contributed by atoms with Gasteiger partial charge in [0.1, 0.15) is 0 Å². The van der Waals surface area contributed by atoms with E-state index < -0.39 is 10.0 Å². The number of hydrogen-bond acceptors (Lipinski definition) is 3. The molecule has 0 spiro atoms. The van der Waals surface area contributed by atoms with E-state index in [-0.39, 0.29) is 17.6 Å². The summed E-state index contributed by atoms with van der Waals surface area (Å²) in [6, 6.07) is 0. The fourth-order valence-corrected chi connectivity index (χ4v) is 2.88. The molecule has 1 saturated heterocycles. The first kappa shape index (κ1) is 10.5. The van der Waals surface area contributed by atoms with Crippen LogP contribution in [-0.2, 0) is 14.8 Å². The summed E-state index contributed by atoms with van der Waals surface area (Å²) < 4.78 is 23.7. The Kier molecular flexibility index (Phi) is 2.95. The maximum atomic E-state index is 11.5. The molecule has 1 rings (SSSR count). The van der Waals surface area contributed by atoms with Crippen LogP contribution < -0.4 is 0 Å². The molecule has 0 aromatic carbocycles. The van der Waals surface area contributed by atoms with Crippen LogP contribution in [0.15, 0.2) is 0 Å². The molecular weight excluding hydrogens is 190 g/mol. The van der Waals surface area contributed by atoms with Crippen LogP contribution in [0.5, 0.6) is 0 Å². The van der Waals surface area contributed by atoms with Crippen LogP contribution in [0.4, 0.5) is 0 Å². The van der Waals surface area contributed by atoms with E-state index in [0.29, 0.717) is 19.4 Å². The first-order valence-electron chi connectivity index (χ1n) is 4.53. The molecule has 1 heterocycles. The van der Waals surface area contributed by atoms with E-state index in [2.05, 4.69) is 0 Å². The van der Waals surface area contributed by atoms with Gasteiger partial charge >= 0.3 is 0 Å². The number of sulfonamides is 1. The highest BCUT2D eigenvalue weighted by Gasteiger charge is 2.34. The zero-order valence-electron chi connectivity index (χ0n) is 7.99. The largest absolute Gasteiger partial charge is 0.274 e. The lowest BCUT2D eigenvalue weighted by atomic mass is 10.1. The molecule has 1 unspecified atom stereocenters. The normalized spacial score (nSPS) is 23.1. The van der Waals surface area contributed by atoms with Gasteiger partial charge in [0.15, 0.2) is 0 Å². The van der Waals surface area contributed by atoms with E-state index in [0.717, 1.165) is 4.31 Å². The third-order valence-electron chi connectivity index (χ3n) is 2.38. The minimum absolute atomic E-state index is 0.120. The summed E-state index contributed by atoms with van der Waals surface area (Å²) in [5.41, 5.74) is 0. The Hall–Kier alpha value is -0.580. The predicted octanol–water partition coefficient (Wildman–Crippen LogP) is 0.595. The van der Waals surface area contributed by atoms with Crippen molar-refractivity contribution >= 4 is 15.9 Å². The van der Waals surface area contributed by atoms with Gasteiger partial charge in [-0.3, -0.25) is 4.79 Å². The lowest BCUT2D eigenvalue weighted by molar-refractivity contribution is -0.129.